The number of imidazole rings is 1. The number of nitrogens with zero attached hydrogens (tertiary/aromatic N) is 5. The molecule has 3 aromatic heterocycles. The first kappa shape index (κ1) is 21.7. The average Bonchev–Trinajstić information content (AvgIpc) is 3.44. The number of aryl methyl sites for hydroxylation is 1. The van der Waals surface area contributed by atoms with E-state index in [1.54, 1.807) is 28.3 Å². The predicted octanol–water partition coefficient (Wildman–Crippen LogP) is 3.51. The Labute approximate surface area is 199 Å². The maximum Gasteiger partial charge on any atom is 0.266 e. The van der Waals surface area contributed by atoms with Crippen molar-refractivity contribution >= 4 is 28.3 Å². The molecule has 0 radical (unpaired) electrons. The van der Waals surface area contributed by atoms with Crippen molar-refractivity contribution in [2.45, 2.75) is 20.0 Å². The summed E-state index contributed by atoms with van der Waals surface area (Å²) in [6, 6.07) is 20.8. The van der Waals surface area contributed by atoms with Crippen molar-refractivity contribution in [3.63, 3.8) is 0 Å². The van der Waals surface area contributed by atoms with Crippen LogP contribution in [0.25, 0.3) is 32.2 Å². The first-order valence-electron chi connectivity index (χ1n) is 10.9. The SMILES string of the molecule is Cc1nc(-c2ccccc2)sc1-c1ccc(=O)n(CCNC(=O)Cn2cnc3ccccc32)n1. The molecule has 1 amide bonds. The van der Waals surface area contributed by atoms with Crippen LogP contribution in [0.1, 0.15) is 5.69 Å². The van der Waals surface area contributed by atoms with Gasteiger partial charge in [-0.15, -0.1) is 11.3 Å². The maximum atomic E-state index is 12.4. The summed E-state index contributed by atoms with van der Waals surface area (Å²) in [7, 11) is 0. The molecule has 5 rings (SSSR count). The van der Waals surface area contributed by atoms with Gasteiger partial charge in [-0.25, -0.2) is 14.6 Å². The summed E-state index contributed by atoms with van der Waals surface area (Å²) in [5.41, 5.74) is 4.12. The number of benzene rings is 2. The van der Waals surface area contributed by atoms with Crippen LogP contribution < -0.4 is 10.9 Å². The summed E-state index contributed by atoms with van der Waals surface area (Å²) < 4.78 is 3.18. The highest BCUT2D eigenvalue weighted by atomic mass is 32.1. The molecule has 0 saturated carbocycles. The van der Waals surface area contributed by atoms with E-state index in [4.69, 9.17) is 0 Å². The number of aromatic nitrogens is 5. The van der Waals surface area contributed by atoms with Gasteiger partial charge in [-0.3, -0.25) is 9.59 Å². The van der Waals surface area contributed by atoms with Crippen LogP contribution in [0, 0.1) is 6.92 Å². The van der Waals surface area contributed by atoms with E-state index in [2.05, 4.69) is 20.4 Å². The lowest BCUT2D eigenvalue weighted by molar-refractivity contribution is -0.121. The lowest BCUT2D eigenvalue weighted by atomic mass is 10.2. The third-order valence-corrected chi connectivity index (χ3v) is 6.63. The minimum Gasteiger partial charge on any atom is -0.353 e. The van der Waals surface area contributed by atoms with Gasteiger partial charge in [0.25, 0.3) is 5.56 Å². The molecule has 0 spiro atoms. The number of carbonyl (C=O) groups is 1. The quantitative estimate of drug-likeness (QED) is 0.393. The molecule has 1 N–H and O–H groups in total. The zero-order valence-corrected chi connectivity index (χ0v) is 19.3. The number of thiazole rings is 1. The summed E-state index contributed by atoms with van der Waals surface area (Å²) in [5, 5.41) is 8.30. The minimum absolute atomic E-state index is 0.154. The molecule has 5 aromatic rings. The molecule has 2 aromatic carbocycles. The summed E-state index contributed by atoms with van der Waals surface area (Å²) in [5.74, 6) is -0.154. The zero-order valence-electron chi connectivity index (χ0n) is 18.5. The molecule has 3 heterocycles. The van der Waals surface area contributed by atoms with Gasteiger partial charge in [0.1, 0.15) is 17.2 Å². The van der Waals surface area contributed by atoms with Crippen molar-refractivity contribution in [1.29, 1.82) is 0 Å². The fraction of sp³-hybridized carbons (Fsp3) is 0.160. The van der Waals surface area contributed by atoms with Crippen LogP contribution in [0.3, 0.4) is 0 Å². The molecular formula is C25H22N6O2S. The van der Waals surface area contributed by atoms with Gasteiger partial charge in [0, 0.05) is 18.2 Å². The fourth-order valence-electron chi connectivity index (χ4n) is 3.72. The molecule has 34 heavy (non-hydrogen) atoms. The van der Waals surface area contributed by atoms with E-state index in [0.29, 0.717) is 12.2 Å². The lowest BCUT2D eigenvalue weighted by Crippen LogP contribution is -2.33. The first-order chi connectivity index (χ1) is 16.6. The van der Waals surface area contributed by atoms with Gasteiger partial charge in [0.05, 0.1) is 34.5 Å². The molecular weight excluding hydrogens is 448 g/mol. The number of hydrogen-bond acceptors (Lipinski definition) is 6. The molecule has 0 saturated heterocycles. The number of carbonyl (C=O) groups excluding carboxylic acids is 1. The van der Waals surface area contributed by atoms with Gasteiger partial charge in [-0.05, 0) is 25.1 Å². The van der Waals surface area contributed by atoms with Crippen molar-refractivity contribution < 1.29 is 4.79 Å². The molecule has 0 aliphatic carbocycles. The van der Waals surface area contributed by atoms with Gasteiger partial charge in [0.2, 0.25) is 5.91 Å². The Kier molecular flexibility index (Phi) is 6.01. The van der Waals surface area contributed by atoms with Crippen molar-refractivity contribution in [3.05, 3.63) is 89.1 Å². The highest BCUT2D eigenvalue weighted by Gasteiger charge is 2.14. The maximum absolute atomic E-state index is 12.4. The summed E-state index contributed by atoms with van der Waals surface area (Å²) >= 11 is 1.54. The number of fused-ring (bicyclic) bond motifs is 1. The number of hydrogen-bond donors (Lipinski definition) is 1. The van der Waals surface area contributed by atoms with E-state index in [1.165, 1.54) is 10.7 Å². The zero-order chi connectivity index (χ0) is 23.5. The number of nitrogens with one attached hydrogen (secondary N) is 1. The largest absolute Gasteiger partial charge is 0.353 e. The van der Waals surface area contributed by atoms with E-state index in [9.17, 15) is 9.59 Å². The Morgan fingerprint density at radius 1 is 1.03 bits per heavy atom. The molecule has 0 atom stereocenters. The first-order valence-corrected chi connectivity index (χ1v) is 11.7. The molecule has 170 valence electrons. The van der Waals surface area contributed by atoms with Crippen LogP contribution >= 0.6 is 11.3 Å². The minimum atomic E-state index is -0.218. The number of amides is 1. The van der Waals surface area contributed by atoms with Gasteiger partial charge in [-0.2, -0.15) is 5.10 Å². The van der Waals surface area contributed by atoms with E-state index in [0.717, 1.165) is 32.2 Å². The second-order valence-corrected chi connectivity index (χ2v) is 8.79. The average molecular weight is 471 g/mol. The Hall–Kier alpha value is -4.11. The molecule has 0 aliphatic heterocycles. The third-order valence-electron chi connectivity index (χ3n) is 5.40. The van der Waals surface area contributed by atoms with Crippen LogP contribution in [-0.2, 0) is 17.9 Å². The Morgan fingerprint density at radius 3 is 2.68 bits per heavy atom. The topological polar surface area (TPSA) is 94.7 Å². The normalized spacial score (nSPS) is 11.1. The van der Waals surface area contributed by atoms with Crippen LogP contribution in [0.2, 0.25) is 0 Å². The van der Waals surface area contributed by atoms with Gasteiger partial charge >= 0.3 is 0 Å². The van der Waals surface area contributed by atoms with E-state index in [1.807, 2.05) is 61.5 Å². The fourth-order valence-corrected chi connectivity index (χ4v) is 4.75. The van der Waals surface area contributed by atoms with Crippen molar-refractivity contribution in [3.8, 4) is 21.1 Å². The van der Waals surface area contributed by atoms with Crippen molar-refractivity contribution in [1.82, 2.24) is 29.6 Å². The highest BCUT2D eigenvalue weighted by Crippen LogP contribution is 2.33. The van der Waals surface area contributed by atoms with Crippen LogP contribution in [0.5, 0.6) is 0 Å². The van der Waals surface area contributed by atoms with E-state index in [-0.39, 0.29) is 24.6 Å². The van der Waals surface area contributed by atoms with Gasteiger partial charge in [-0.1, -0.05) is 42.5 Å². The van der Waals surface area contributed by atoms with Crippen LogP contribution in [0.4, 0.5) is 0 Å². The standard InChI is InChI=1S/C25H22N6O2S/c1-17-24(34-25(28-17)18-7-3-2-4-8-18)20-11-12-23(33)31(29-20)14-13-26-22(32)15-30-16-27-19-9-5-6-10-21(19)30/h2-12,16H,13-15H2,1H3,(H,26,32). The number of para-hydroxylation sites is 2. The molecule has 0 bridgehead atoms. The number of rotatable bonds is 7. The second kappa shape index (κ2) is 9.40. The summed E-state index contributed by atoms with van der Waals surface area (Å²) in [6.45, 7) is 2.66. The summed E-state index contributed by atoms with van der Waals surface area (Å²) in [6.07, 6.45) is 1.65. The molecule has 8 nitrogen and oxygen atoms in total. The smallest absolute Gasteiger partial charge is 0.266 e. The van der Waals surface area contributed by atoms with Crippen molar-refractivity contribution in [2.75, 3.05) is 6.54 Å². The molecule has 0 aliphatic rings. The van der Waals surface area contributed by atoms with Crippen molar-refractivity contribution in [2.24, 2.45) is 0 Å². The molecule has 9 heteroatoms. The van der Waals surface area contributed by atoms with Crippen LogP contribution in [0.15, 0.2) is 77.9 Å². The Morgan fingerprint density at radius 2 is 1.82 bits per heavy atom. The summed E-state index contributed by atoms with van der Waals surface area (Å²) in [4.78, 5) is 34.7. The Balaban J connectivity index is 1.26. The monoisotopic (exact) mass is 470 g/mol. The predicted molar refractivity (Wildman–Crippen MR) is 133 cm³/mol. The van der Waals surface area contributed by atoms with Gasteiger partial charge < -0.3 is 9.88 Å². The van der Waals surface area contributed by atoms with E-state index >= 15 is 0 Å². The Bertz CT molecular complexity index is 1520. The third kappa shape index (κ3) is 4.51. The van der Waals surface area contributed by atoms with Crippen LogP contribution in [-0.4, -0.2) is 36.8 Å². The van der Waals surface area contributed by atoms with Gasteiger partial charge in [0.15, 0.2) is 0 Å². The lowest BCUT2D eigenvalue weighted by Gasteiger charge is -2.09. The van der Waals surface area contributed by atoms with E-state index < -0.39 is 0 Å². The highest BCUT2D eigenvalue weighted by molar-refractivity contribution is 7.18. The second-order valence-electron chi connectivity index (χ2n) is 7.79. The molecule has 0 unspecified atom stereocenters. The molecule has 0 fully saturated rings.